The number of hydrogen-bond donors (Lipinski definition) is 1. The first-order valence-electron chi connectivity index (χ1n) is 12.8. The second-order valence-electron chi connectivity index (χ2n) is 10.7. The summed E-state index contributed by atoms with van der Waals surface area (Å²) in [4.78, 5) is 16.3. The van der Waals surface area contributed by atoms with E-state index >= 15 is 0 Å². The first kappa shape index (κ1) is 29.4. The maximum absolute atomic E-state index is 4.46. The molecule has 0 amide bonds. The van der Waals surface area contributed by atoms with Crippen LogP contribution in [0.2, 0.25) is 0 Å². The average molecular weight is 501 g/mol. The fraction of sp³-hybridized carbons (Fsp3) is 0.643. The van der Waals surface area contributed by atoms with E-state index in [0.29, 0.717) is 12.6 Å². The number of thiazole rings is 1. The van der Waals surface area contributed by atoms with E-state index in [1.165, 1.54) is 16.8 Å². The standard InChI is InChI=1S/C28H48N6S/c1-10-11-23(4)25(16-29-7)26(31-17-27-30-12-15-35-27)20-34-14-13-33(9)24(19-34)18-32(8)21-28(5,6)22(2)3/h12,15,24,31H,2,4,7,10-11,13-14,16-21H2,1,3,5-6,8-9H3/b26-25+. The molecule has 196 valence electrons. The predicted octanol–water partition coefficient (Wildman–Crippen LogP) is 4.69. The summed E-state index contributed by atoms with van der Waals surface area (Å²) in [7, 11) is 4.49. The van der Waals surface area contributed by atoms with Crippen LogP contribution in [0.4, 0.5) is 0 Å². The lowest BCUT2D eigenvalue weighted by atomic mass is 9.85. The van der Waals surface area contributed by atoms with Crippen molar-refractivity contribution in [3.05, 3.63) is 52.2 Å². The molecule has 1 aromatic heterocycles. The Labute approximate surface area is 218 Å². The van der Waals surface area contributed by atoms with E-state index in [0.717, 1.165) is 69.2 Å². The van der Waals surface area contributed by atoms with Crippen molar-refractivity contribution in [2.75, 3.05) is 59.9 Å². The molecule has 7 heteroatoms. The summed E-state index contributed by atoms with van der Waals surface area (Å²) in [5, 5.41) is 6.82. The molecule has 35 heavy (non-hydrogen) atoms. The number of piperazine rings is 1. The van der Waals surface area contributed by atoms with Crippen LogP contribution >= 0.6 is 11.3 Å². The zero-order valence-corrected chi connectivity index (χ0v) is 23.9. The Bertz CT molecular complexity index is 857. The molecule has 2 heterocycles. The summed E-state index contributed by atoms with van der Waals surface area (Å²) in [5.74, 6) is 0. The highest BCUT2D eigenvalue weighted by Crippen LogP contribution is 2.26. The zero-order chi connectivity index (χ0) is 26.0. The van der Waals surface area contributed by atoms with Gasteiger partial charge in [-0.2, -0.15) is 0 Å². The smallest absolute Gasteiger partial charge is 0.112 e. The third-order valence-electron chi connectivity index (χ3n) is 7.14. The summed E-state index contributed by atoms with van der Waals surface area (Å²) >= 11 is 1.68. The van der Waals surface area contributed by atoms with Crippen LogP contribution in [0.5, 0.6) is 0 Å². The number of likely N-dealkylation sites (N-methyl/N-ethyl adjacent to an activating group) is 2. The van der Waals surface area contributed by atoms with Gasteiger partial charge in [0.05, 0.1) is 13.1 Å². The molecule has 1 fully saturated rings. The maximum Gasteiger partial charge on any atom is 0.112 e. The summed E-state index contributed by atoms with van der Waals surface area (Å²) in [6.45, 7) is 28.7. The fourth-order valence-corrected chi connectivity index (χ4v) is 5.13. The summed E-state index contributed by atoms with van der Waals surface area (Å²) in [5.41, 5.74) is 4.93. The first-order chi connectivity index (χ1) is 16.6. The Kier molecular flexibility index (Phi) is 11.8. The van der Waals surface area contributed by atoms with Crippen LogP contribution in [-0.4, -0.2) is 92.4 Å². The van der Waals surface area contributed by atoms with E-state index in [9.17, 15) is 0 Å². The van der Waals surface area contributed by atoms with Gasteiger partial charge in [0.25, 0.3) is 0 Å². The molecule has 0 saturated carbocycles. The molecule has 1 saturated heterocycles. The Morgan fingerprint density at radius 3 is 2.69 bits per heavy atom. The van der Waals surface area contributed by atoms with Gasteiger partial charge in [0, 0.05) is 62.6 Å². The number of nitrogens with one attached hydrogen (secondary N) is 1. The maximum atomic E-state index is 4.46. The van der Waals surface area contributed by atoms with Crippen molar-refractivity contribution in [3.63, 3.8) is 0 Å². The highest BCUT2D eigenvalue weighted by atomic mass is 32.1. The van der Waals surface area contributed by atoms with Crippen LogP contribution < -0.4 is 5.32 Å². The Morgan fingerprint density at radius 1 is 1.34 bits per heavy atom. The van der Waals surface area contributed by atoms with Gasteiger partial charge in [0.15, 0.2) is 0 Å². The SMILES string of the molecule is C=NC/C(C(=C)CCC)=C(/CN1CCN(C)C(CN(C)CC(C)(C)C(=C)C)C1)NCc1nccs1. The van der Waals surface area contributed by atoms with Gasteiger partial charge < -0.3 is 10.2 Å². The Morgan fingerprint density at radius 2 is 2.09 bits per heavy atom. The van der Waals surface area contributed by atoms with Gasteiger partial charge in [0.2, 0.25) is 0 Å². The molecule has 1 unspecified atom stereocenters. The van der Waals surface area contributed by atoms with Gasteiger partial charge in [-0.3, -0.25) is 14.8 Å². The zero-order valence-electron chi connectivity index (χ0n) is 23.1. The average Bonchev–Trinajstić information content (AvgIpc) is 3.30. The largest absolute Gasteiger partial charge is 0.380 e. The van der Waals surface area contributed by atoms with Crippen molar-refractivity contribution in [1.82, 2.24) is 25.0 Å². The Hall–Kier alpha value is -1.80. The van der Waals surface area contributed by atoms with E-state index in [4.69, 9.17) is 0 Å². The molecule has 6 nitrogen and oxygen atoms in total. The van der Waals surface area contributed by atoms with E-state index in [2.05, 4.69) is 91.7 Å². The van der Waals surface area contributed by atoms with Gasteiger partial charge in [0.1, 0.15) is 5.01 Å². The van der Waals surface area contributed by atoms with Crippen molar-refractivity contribution in [2.24, 2.45) is 10.4 Å². The summed E-state index contributed by atoms with van der Waals surface area (Å²) < 4.78 is 0. The van der Waals surface area contributed by atoms with Crippen LogP contribution in [0.3, 0.4) is 0 Å². The molecule has 0 aliphatic carbocycles. The molecule has 0 radical (unpaired) electrons. The highest BCUT2D eigenvalue weighted by Gasteiger charge is 2.28. The summed E-state index contributed by atoms with van der Waals surface area (Å²) in [6.07, 6.45) is 3.91. The third kappa shape index (κ3) is 9.30. The first-order valence-corrected chi connectivity index (χ1v) is 13.7. The van der Waals surface area contributed by atoms with Crippen LogP contribution in [0.15, 0.2) is 52.1 Å². The van der Waals surface area contributed by atoms with Crippen molar-refractivity contribution in [3.8, 4) is 0 Å². The minimum atomic E-state index is 0.115. The molecule has 1 atom stereocenters. The lowest BCUT2D eigenvalue weighted by Crippen LogP contribution is -2.56. The molecule has 0 aromatic carbocycles. The topological polar surface area (TPSA) is 47.0 Å². The molecule has 0 spiro atoms. The normalized spacial score (nSPS) is 18.4. The minimum absolute atomic E-state index is 0.115. The number of hydrogen-bond acceptors (Lipinski definition) is 7. The van der Waals surface area contributed by atoms with Gasteiger partial charge in [-0.15, -0.1) is 11.3 Å². The number of aromatic nitrogens is 1. The second-order valence-corrected chi connectivity index (χ2v) is 11.7. The number of rotatable bonds is 15. The molecule has 2 rings (SSSR count). The van der Waals surface area contributed by atoms with Crippen LogP contribution in [-0.2, 0) is 6.54 Å². The predicted molar refractivity (Wildman–Crippen MR) is 153 cm³/mol. The van der Waals surface area contributed by atoms with Crippen LogP contribution in [0.25, 0.3) is 0 Å². The molecular formula is C28H48N6S. The van der Waals surface area contributed by atoms with Crippen LogP contribution in [0, 0.1) is 5.41 Å². The third-order valence-corrected chi connectivity index (χ3v) is 7.91. The van der Waals surface area contributed by atoms with Crippen LogP contribution in [0.1, 0.15) is 45.5 Å². The molecule has 1 aliphatic heterocycles. The van der Waals surface area contributed by atoms with Gasteiger partial charge >= 0.3 is 0 Å². The van der Waals surface area contributed by atoms with Crippen molar-refractivity contribution in [2.45, 2.75) is 53.1 Å². The Balaban J connectivity index is 2.16. The van der Waals surface area contributed by atoms with Crippen molar-refractivity contribution >= 4 is 18.1 Å². The highest BCUT2D eigenvalue weighted by molar-refractivity contribution is 7.09. The van der Waals surface area contributed by atoms with Gasteiger partial charge in [-0.1, -0.05) is 45.9 Å². The van der Waals surface area contributed by atoms with E-state index in [-0.39, 0.29) is 5.41 Å². The number of aliphatic imine (C=N–C) groups is 1. The monoisotopic (exact) mass is 500 g/mol. The molecule has 1 aliphatic rings. The molecule has 1 N–H and O–H groups in total. The lowest BCUT2D eigenvalue weighted by Gasteiger charge is -2.42. The summed E-state index contributed by atoms with van der Waals surface area (Å²) in [6, 6.07) is 0.481. The van der Waals surface area contributed by atoms with Crippen molar-refractivity contribution in [1.29, 1.82) is 0 Å². The minimum Gasteiger partial charge on any atom is -0.380 e. The quantitative estimate of drug-likeness (QED) is 0.215. The molecule has 1 aromatic rings. The van der Waals surface area contributed by atoms with E-state index < -0.39 is 0 Å². The van der Waals surface area contributed by atoms with Gasteiger partial charge in [-0.05, 0) is 50.7 Å². The van der Waals surface area contributed by atoms with Gasteiger partial charge in [-0.25, -0.2) is 4.98 Å². The lowest BCUT2D eigenvalue weighted by molar-refractivity contribution is 0.0725. The fourth-order valence-electron chi connectivity index (χ4n) is 4.57. The van der Waals surface area contributed by atoms with Crippen molar-refractivity contribution < 1.29 is 0 Å². The molecule has 0 bridgehead atoms. The van der Waals surface area contributed by atoms with E-state index in [1.807, 2.05) is 11.6 Å². The molecular weight excluding hydrogens is 452 g/mol. The number of nitrogens with zero attached hydrogens (tertiary/aromatic N) is 5. The van der Waals surface area contributed by atoms with E-state index in [1.54, 1.807) is 11.3 Å². The second kappa shape index (κ2) is 14.1.